The second kappa shape index (κ2) is 12.5. The molecule has 5 rings (SSSR count). The van der Waals surface area contributed by atoms with E-state index in [1.807, 2.05) is 31.2 Å². The molecule has 0 amide bonds. The van der Waals surface area contributed by atoms with E-state index in [2.05, 4.69) is 20.9 Å². The molecule has 2 heterocycles. The molecule has 0 radical (unpaired) electrons. The minimum atomic E-state index is -0.685. The standard InChI is InChI=1S/C32H28BrFN2O5S/c1-5-40-31(38)28-19(3)35-32-36(29(28)20-12-10-18(2)11-13-20)30(37)27(42-32)15-22-14-25(39-4)26(16-23(22)33)41-17-21-8-6-7-9-24(21)34/h6-16,29H,5,17H2,1-4H3/b27-15+/t29-/m0/s1. The van der Waals surface area contributed by atoms with E-state index in [4.69, 9.17) is 14.2 Å². The molecule has 0 spiro atoms. The van der Waals surface area contributed by atoms with Crippen LogP contribution in [-0.2, 0) is 16.1 Å². The Labute approximate surface area is 254 Å². The quantitative estimate of drug-likeness (QED) is 0.232. The number of esters is 1. The van der Waals surface area contributed by atoms with Crippen molar-refractivity contribution in [2.75, 3.05) is 13.7 Å². The maximum atomic E-state index is 14.1. The van der Waals surface area contributed by atoms with Gasteiger partial charge >= 0.3 is 5.97 Å². The second-order valence-electron chi connectivity index (χ2n) is 9.62. The van der Waals surface area contributed by atoms with E-state index in [0.29, 0.717) is 47.7 Å². The van der Waals surface area contributed by atoms with Crippen molar-refractivity contribution in [1.29, 1.82) is 0 Å². The molecule has 1 aromatic heterocycles. The lowest BCUT2D eigenvalue weighted by Crippen LogP contribution is -2.39. The van der Waals surface area contributed by atoms with Crippen LogP contribution in [0.1, 0.15) is 42.1 Å². The Morgan fingerprint density at radius 1 is 1.12 bits per heavy atom. The van der Waals surface area contributed by atoms with Crippen molar-refractivity contribution >= 4 is 39.3 Å². The molecule has 0 aliphatic carbocycles. The highest BCUT2D eigenvalue weighted by Crippen LogP contribution is 2.35. The zero-order valence-electron chi connectivity index (χ0n) is 23.4. The molecule has 10 heteroatoms. The molecule has 1 aliphatic rings. The number of ether oxygens (including phenoxy) is 3. The van der Waals surface area contributed by atoms with Crippen LogP contribution < -0.4 is 24.4 Å². The summed E-state index contributed by atoms with van der Waals surface area (Å²) in [7, 11) is 1.51. The lowest BCUT2D eigenvalue weighted by molar-refractivity contribution is -0.139. The number of aromatic nitrogens is 1. The number of benzene rings is 3. The van der Waals surface area contributed by atoms with E-state index < -0.39 is 12.0 Å². The van der Waals surface area contributed by atoms with Crippen molar-refractivity contribution in [1.82, 2.24) is 4.57 Å². The first-order chi connectivity index (χ1) is 20.2. The van der Waals surface area contributed by atoms with Crippen molar-refractivity contribution < 1.29 is 23.4 Å². The highest BCUT2D eigenvalue weighted by molar-refractivity contribution is 9.10. The Kier molecular flexibility index (Phi) is 8.74. The van der Waals surface area contributed by atoms with Crippen LogP contribution in [0.4, 0.5) is 4.39 Å². The lowest BCUT2D eigenvalue weighted by atomic mass is 9.95. The summed E-state index contributed by atoms with van der Waals surface area (Å²) in [5, 5.41) is 0. The summed E-state index contributed by atoms with van der Waals surface area (Å²) >= 11 is 4.81. The normalized spacial score (nSPS) is 14.8. The van der Waals surface area contributed by atoms with Crippen LogP contribution in [0.3, 0.4) is 0 Å². The van der Waals surface area contributed by atoms with Crippen LogP contribution in [0.25, 0.3) is 6.08 Å². The molecule has 3 aromatic carbocycles. The van der Waals surface area contributed by atoms with Crippen molar-refractivity contribution in [3.05, 3.63) is 124 Å². The number of allylic oxidation sites excluding steroid dienone is 1. The van der Waals surface area contributed by atoms with Gasteiger partial charge in [-0.15, -0.1) is 0 Å². The van der Waals surface area contributed by atoms with Crippen molar-refractivity contribution in [2.24, 2.45) is 4.99 Å². The molecule has 4 aromatic rings. The molecule has 0 bridgehead atoms. The summed E-state index contributed by atoms with van der Waals surface area (Å²) < 4.78 is 33.5. The second-order valence-corrected chi connectivity index (χ2v) is 11.5. The van der Waals surface area contributed by atoms with E-state index in [1.165, 1.54) is 24.5 Å². The van der Waals surface area contributed by atoms with Crippen molar-refractivity contribution in [3.8, 4) is 11.5 Å². The van der Waals surface area contributed by atoms with Crippen LogP contribution in [0.15, 0.2) is 86.2 Å². The largest absolute Gasteiger partial charge is 0.493 e. The first-order valence-electron chi connectivity index (χ1n) is 13.2. The average Bonchev–Trinajstić information content (AvgIpc) is 3.27. The fourth-order valence-electron chi connectivity index (χ4n) is 4.70. The first-order valence-corrected chi connectivity index (χ1v) is 14.8. The van der Waals surface area contributed by atoms with Gasteiger partial charge in [0.25, 0.3) is 5.56 Å². The number of hydrogen-bond donors (Lipinski definition) is 0. The van der Waals surface area contributed by atoms with Gasteiger partial charge in [-0.1, -0.05) is 75.3 Å². The van der Waals surface area contributed by atoms with Crippen LogP contribution in [0.2, 0.25) is 0 Å². The summed E-state index contributed by atoms with van der Waals surface area (Å²) in [5.74, 6) is -0.0169. The van der Waals surface area contributed by atoms with Gasteiger partial charge in [-0.05, 0) is 56.2 Å². The third kappa shape index (κ3) is 5.82. The number of halogens is 2. The first kappa shape index (κ1) is 29.5. The maximum absolute atomic E-state index is 14.1. The number of aryl methyl sites for hydroxylation is 1. The smallest absolute Gasteiger partial charge is 0.338 e. The number of rotatable bonds is 8. The molecule has 1 atom stereocenters. The summed E-state index contributed by atoms with van der Waals surface area (Å²) in [6.45, 7) is 5.70. The van der Waals surface area contributed by atoms with Gasteiger partial charge in [0.05, 0.1) is 35.6 Å². The Balaban J connectivity index is 1.58. The highest BCUT2D eigenvalue weighted by Gasteiger charge is 2.33. The number of methoxy groups -OCH3 is 1. The van der Waals surface area contributed by atoms with Gasteiger partial charge in [0.2, 0.25) is 0 Å². The van der Waals surface area contributed by atoms with Crippen molar-refractivity contribution in [3.63, 3.8) is 0 Å². The van der Waals surface area contributed by atoms with Crippen molar-refractivity contribution in [2.45, 2.75) is 33.4 Å². The Hall–Kier alpha value is -4.02. The summed E-state index contributed by atoms with van der Waals surface area (Å²) in [5.41, 5.74) is 3.48. The van der Waals surface area contributed by atoms with Gasteiger partial charge in [0.15, 0.2) is 16.3 Å². The predicted octanol–water partition coefficient (Wildman–Crippen LogP) is 5.60. The lowest BCUT2D eigenvalue weighted by Gasteiger charge is -2.24. The molecule has 0 fully saturated rings. The van der Waals surface area contributed by atoms with E-state index in [1.54, 1.807) is 54.8 Å². The minimum Gasteiger partial charge on any atom is -0.493 e. The molecule has 1 aliphatic heterocycles. The Morgan fingerprint density at radius 3 is 2.55 bits per heavy atom. The summed E-state index contributed by atoms with van der Waals surface area (Å²) in [6, 6.07) is 16.9. The van der Waals surface area contributed by atoms with Gasteiger partial charge in [-0.3, -0.25) is 9.36 Å². The van der Waals surface area contributed by atoms with Gasteiger partial charge in [-0.25, -0.2) is 14.2 Å². The molecular weight excluding hydrogens is 623 g/mol. The van der Waals surface area contributed by atoms with Gasteiger partial charge in [-0.2, -0.15) is 0 Å². The molecule has 0 N–H and O–H groups in total. The number of thiazole rings is 1. The predicted molar refractivity (Wildman–Crippen MR) is 163 cm³/mol. The third-order valence-corrected chi connectivity index (χ3v) is 8.49. The van der Waals surface area contributed by atoms with Crippen LogP contribution in [-0.4, -0.2) is 24.3 Å². The topological polar surface area (TPSA) is 79.1 Å². The monoisotopic (exact) mass is 650 g/mol. The van der Waals surface area contributed by atoms with Crippen LogP contribution in [0.5, 0.6) is 11.5 Å². The molecule has 7 nitrogen and oxygen atoms in total. The number of hydrogen-bond acceptors (Lipinski definition) is 7. The minimum absolute atomic E-state index is 0.0224. The van der Waals surface area contributed by atoms with E-state index in [-0.39, 0.29) is 24.6 Å². The zero-order chi connectivity index (χ0) is 30.0. The fourth-order valence-corrected chi connectivity index (χ4v) is 6.18. The van der Waals surface area contributed by atoms with E-state index in [9.17, 15) is 14.0 Å². The number of carbonyl (C=O) groups excluding carboxylic acids is 1. The molecule has 42 heavy (non-hydrogen) atoms. The van der Waals surface area contributed by atoms with Gasteiger partial charge in [0, 0.05) is 10.0 Å². The Bertz CT molecular complexity index is 1880. The zero-order valence-corrected chi connectivity index (χ0v) is 25.8. The molecule has 216 valence electrons. The molecule has 0 saturated carbocycles. The summed E-state index contributed by atoms with van der Waals surface area (Å²) in [6.07, 6.45) is 1.74. The number of fused-ring (bicyclic) bond motifs is 1. The SMILES string of the molecule is CCOC(=O)C1=C(C)N=c2s/c(=C/c3cc(OC)c(OCc4ccccc4F)cc3Br)c(=O)n2[C@H]1c1ccc(C)cc1. The average molecular weight is 652 g/mol. The number of carbonyl (C=O) groups is 1. The summed E-state index contributed by atoms with van der Waals surface area (Å²) in [4.78, 5) is 32.1. The third-order valence-electron chi connectivity index (χ3n) is 6.82. The van der Waals surface area contributed by atoms with Crippen LogP contribution in [0, 0.1) is 12.7 Å². The van der Waals surface area contributed by atoms with E-state index in [0.717, 1.165) is 11.1 Å². The van der Waals surface area contributed by atoms with Crippen LogP contribution >= 0.6 is 27.3 Å². The Morgan fingerprint density at radius 2 is 1.86 bits per heavy atom. The highest BCUT2D eigenvalue weighted by atomic mass is 79.9. The van der Waals surface area contributed by atoms with E-state index >= 15 is 0 Å². The number of nitrogens with zero attached hydrogens (tertiary/aromatic N) is 2. The molecular formula is C32H28BrFN2O5S. The fraction of sp³-hybridized carbons (Fsp3) is 0.219. The molecule has 0 saturated heterocycles. The van der Waals surface area contributed by atoms with Gasteiger partial charge in [0.1, 0.15) is 12.4 Å². The van der Waals surface area contributed by atoms with Gasteiger partial charge < -0.3 is 14.2 Å². The molecule has 0 unspecified atom stereocenters. The maximum Gasteiger partial charge on any atom is 0.338 e.